The first kappa shape index (κ1) is 12.9. The van der Waals surface area contributed by atoms with Crippen LogP contribution in [-0.2, 0) is 14.3 Å². The van der Waals surface area contributed by atoms with Gasteiger partial charge in [-0.1, -0.05) is 6.42 Å². The summed E-state index contributed by atoms with van der Waals surface area (Å²) in [5, 5.41) is 11.6. The number of rotatable bonds is 5. The minimum absolute atomic E-state index is 0.135. The zero-order chi connectivity index (χ0) is 12.1. The molecule has 0 radical (unpaired) electrons. The van der Waals surface area contributed by atoms with Crippen molar-refractivity contribution in [3.05, 3.63) is 0 Å². The number of nitrogens with one attached hydrogen (secondary N) is 1. The van der Waals surface area contributed by atoms with Crippen molar-refractivity contribution in [2.75, 3.05) is 13.7 Å². The SMILES string of the molecule is COCC(N)C(=O)NC1CCCC1C(=O)O. The maximum absolute atomic E-state index is 11.5. The summed E-state index contributed by atoms with van der Waals surface area (Å²) >= 11 is 0. The minimum atomic E-state index is -0.858. The molecule has 6 heteroatoms. The Bertz CT molecular complexity index is 270. The van der Waals surface area contributed by atoms with E-state index in [1.165, 1.54) is 7.11 Å². The number of ether oxygens (including phenoxy) is 1. The number of methoxy groups -OCH3 is 1. The second-order valence-electron chi connectivity index (χ2n) is 4.05. The van der Waals surface area contributed by atoms with E-state index in [1.54, 1.807) is 0 Å². The molecule has 1 saturated carbocycles. The Morgan fingerprint density at radius 1 is 1.56 bits per heavy atom. The number of hydrogen-bond acceptors (Lipinski definition) is 4. The topological polar surface area (TPSA) is 102 Å². The highest BCUT2D eigenvalue weighted by Crippen LogP contribution is 2.25. The molecule has 6 nitrogen and oxygen atoms in total. The maximum Gasteiger partial charge on any atom is 0.308 e. The zero-order valence-corrected chi connectivity index (χ0v) is 9.31. The van der Waals surface area contributed by atoms with E-state index in [-0.39, 0.29) is 18.6 Å². The van der Waals surface area contributed by atoms with Crippen LogP contribution in [0.25, 0.3) is 0 Å². The van der Waals surface area contributed by atoms with Gasteiger partial charge in [-0.2, -0.15) is 0 Å². The van der Waals surface area contributed by atoms with Crippen molar-refractivity contribution in [3.63, 3.8) is 0 Å². The Morgan fingerprint density at radius 2 is 2.25 bits per heavy atom. The highest BCUT2D eigenvalue weighted by Gasteiger charge is 2.34. The maximum atomic E-state index is 11.5. The third-order valence-electron chi connectivity index (χ3n) is 2.84. The summed E-state index contributed by atoms with van der Waals surface area (Å²) in [6.45, 7) is 0.135. The average molecular weight is 230 g/mol. The molecule has 16 heavy (non-hydrogen) atoms. The Morgan fingerprint density at radius 3 is 2.81 bits per heavy atom. The fraction of sp³-hybridized carbons (Fsp3) is 0.800. The molecule has 3 unspecified atom stereocenters. The Hall–Kier alpha value is -1.14. The van der Waals surface area contributed by atoms with Gasteiger partial charge in [-0.15, -0.1) is 0 Å². The normalized spacial score (nSPS) is 26.4. The number of carbonyl (C=O) groups is 2. The van der Waals surface area contributed by atoms with Crippen LogP contribution in [0.15, 0.2) is 0 Å². The van der Waals surface area contributed by atoms with E-state index in [4.69, 9.17) is 15.6 Å². The molecule has 0 bridgehead atoms. The van der Waals surface area contributed by atoms with Gasteiger partial charge in [-0.3, -0.25) is 9.59 Å². The van der Waals surface area contributed by atoms with Gasteiger partial charge in [0, 0.05) is 13.2 Å². The summed E-state index contributed by atoms with van der Waals surface area (Å²) < 4.78 is 4.76. The van der Waals surface area contributed by atoms with Crippen molar-refractivity contribution in [3.8, 4) is 0 Å². The van der Waals surface area contributed by atoms with Crippen molar-refractivity contribution in [1.82, 2.24) is 5.32 Å². The highest BCUT2D eigenvalue weighted by molar-refractivity contribution is 5.83. The predicted molar refractivity (Wildman–Crippen MR) is 56.8 cm³/mol. The fourth-order valence-electron chi connectivity index (χ4n) is 1.97. The largest absolute Gasteiger partial charge is 0.481 e. The first-order chi connectivity index (χ1) is 7.56. The predicted octanol–water partition coefficient (Wildman–Crippen LogP) is -0.670. The quantitative estimate of drug-likeness (QED) is 0.581. The summed E-state index contributed by atoms with van der Waals surface area (Å²) in [5.74, 6) is -1.69. The van der Waals surface area contributed by atoms with Crippen LogP contribution in [0.4, 0.5) is 0 Å². The lowest BCUT2D eigenvalue weighted by Gasteiger charge is -2.19. The van der Waals surface area contributed by atoms with E-state index >= 15 is 0 Å². The molecule has 1 amide bonds. The first-order valence-corrected chi connectivity index (χ1v) is 5.34. The molecular formula is C10H18N2O4. The number of amides is 1. The van der Waals surface area contributed by atoms with Gasteiger partial charge < -0.3 is 20.9 Å². The molecule has 3 atom stereocenters. The molecule has 0 aliphatic heterocycles. The van der Waals surface area contributed by atoms with Crippen molar-refractivity contribution in [2.45, 2.75) is 31.3 Å². The molecule has 1 fully saturated rings. The number of carbonyl (C=O) groups excluding carboxylic acids is 1. The smallest absolute Gasteiger partial charge is 0.308 e. The van der Waals surface area contributed by atoms with Crippen LogP contribution in [-0.4, -0.2) is 42.8 Å². The van der Waals surface area contributed by atoms with Crippen LogP contribution in [0.5, 0.6) is 0 Å². The van der Waals surface area contributed by atoms with Gasteiger partial charge in [0.05, 0.1) is 12.5 Å². The van der Waals surface area contributed by atoms with Crippen LogP contribution >= 0.6 is 0 Å². The Labute approximate surface area is 94.1 Å². The third-order valence-corrected chi connectivity index (χ3v) is 2.84. The number of hydrogen-bond donors (Lipinski definition) is 3. The van der Waals surface area contributed by atoms with Crippen LogP contribution in [0.3, 0.4) is 0 Å². The summed E-state index contributed by atoms with van der Waals surface area (Å²) in [6, 6.07) is -1.03. The lowest BCUT2D eigenvalue weighted by molar-refractivity contribution is -0.142. The summed E-state index contributed by atoms with van der Waals surface area (Å²) in [7, 11) is 1.46. The molecule has 1 rings (SSSR count). The van der Waals surface area contributed by atoms with Crippen molar-refractivity contribution < 1.29 is 19.4 Å². The van der Waals surface area contributed by atoms with Gasteiger partial charge in [0.1, 0.15) is 6.04 Å². The first-order valence-electron chi connectivity index (χ1n) is 5.34. The molecule has 0 aromatic heterocycles. The van der Waals surface area contributed by atoms with Crippen LogP contribution < -0.4 is 11.1 Å². The van der Waals surface area contributed by atoms with E-state index in [0.29, 0.717) is 12.8 Å². The second-order valence-corrected chi connectivity index (χ2v) is 4.05. The van der Waals surface area contributed by atoms with Gasteiger partial charge in [-0.25, -0.2) is 0 Å². The Kier molecular flexibility index (Phi) is 4.70. The molecule has 4 N–H and O–H groups in total. The lowest BCUT2D eigenvalue weighted by atomic mass is 10.0. The van der Waals surface area contributed by atoms with Gasteiger partial charge in [0.15, 0.2) is 0 Å². The zero-order valence-electron chi connectivity index (χ0n) is 9.31. The Balaban J connectivity index is 2.47. The molecule has 0 aromatic carbocycles. The molecule has 0 saturated heterocycles. The molecule has 0 heterocycles. The van der Waals surface area contributed by atoms with Gasteiger partial charge in [0.2, 0.25) is 5.91 Å². The number of nitrogens with two attached hydrogens (primary N) is 1. The van der Waals surface area contributed by atoms with Crippen LogP contribution in [0.2, 0.25) is 0 Å². The van der Waals surface area contributed by atoms with E-state index in [0.717, 1.165) is 6.42 Å². The average Bonchev–Trinajstić information content (AvgIpc) is 2.66. The monoisotopic (exact) mass is 230 g/mol. The molecular weight excluding hydrogens is 212 g/mol. The molecule has 1 aliphatic rings. The van der Waals surface area contributed by atoms with Crippen molar-refractivity contribution in [1.29, 1.82) is 0 Å². The summed E-state index contributed by atoms with van der Waals surface area (Å²) in [6.07, 6.45) is 2.13. The number of aliphatic carboxylic acids is 1. The van der Waals surface area contributed by atoms with E-state index in [2.05, 4.69) is 5.32 Å². The van der Waals surface area contributed by atoms with Crippen LogP contribution in [0, 0.1) is 5.92 Å². The standard InChI is InChI=1S/C10H18N2O4/c1-16-5-7(11)9(13)12-8-4-2-3-6(8)10(14)15/h6-8H,2-5,11H2,1H3,(H,12,13)(H,14,15). The van der Waals surface area contributed by atoms with Gasteiger partial charge in [0.25, 0.3) is 0 Å². The number of carboxylic acid groups (broad SMARTS) is 1. The third kappa shape index (κ3) is 3.18. The van der Waals surface area contributed by atoms with E-state index < -0.39 is 17.9 Å². The van der Waals surface area contributed by atoms with Gasteiger partial charge >= 0.3 is 5.97 Å². The second kappa shape index (κ2) is 5.81. The van der Waals surface area contributed by atoms with Crippen molar-refractivity contribution >= 4 is 11.9 Å². The highest BCUT2D eigenvalue weighted by atomic mass is 16.5. The summed E-state index contributed by atoms with van der Waals surface area (Å²) in [4.78, 5) is 22.4. The fourth-order valence-corrected chi connectivity index (χ4v) is 1.97. The van der Waals surface area contributed by atoms with E-state index in [1.807, 2.05) is 0 Å². The molecule has 92 valence electrons. The van der Waals surface area contributed by atoms with Crippen LogP contribution in [0.1, 0.15) is 19.3 Å². The molecule has 0 spiro atoms. The molecule has 1 aliphatic carbocycles. The van der Waals surface area contributed by atoms with Crippen molar-refractivity contribution in [2.24, 2.45) is 11.7 Å². The minimum Gasteiger partial charge on any atom is -0.481 e. The van der Waals surface area contributed by atoms with E-state index in [9.17, 15) is 9.59 Å². The number of carboxylic acids is 1. The van der Waals surface area contributed by atoms with Gasteiger partial charge in [-0.05, 0) is 12.8 Å². The lowest BCUT2D eigenvalue weighted by Crippen LogP contribution is -2.49. The summed E-state index contributed by atoms with van der Waals surface area (Å²) in [5.41, 5.74) is 5.54. The molecule has 0 aromatic rings.